The lowest BCUT2D eigenvalue weighted by Gasteiger charge is -2.15. The molecule has 1 aromatic heterocycles. The van der Waals surface area contributed by atoms with Crippen LogP contribution in [0, 0.1) is 0 Å². The third-order valence-electron chi connectivity index (χ3n) is 4.98. The number of hydrogen-bond acceptors (Lipinski definition) is 8. The van der Waals surface area contributed by atoms with E-state index in [-0.39, 0.29) is 0 Å². The van der Waals surface area contributed by atoms with Crippen molar-refractivity contribution < 1.29 is 32.8 Å². The summed E-state index contributed by atoms with van der Waals surface area (Å²) >= 11 is 0. The molecule has 0 unspecified atom stereocenters. The zero-order valence-corrected chi connectivity index (χ0v) is 18.5. The minimum Gasteiger partial charge on any atom is -0.487 e. The summed E-state index contributed by atoms with van der Waals surface area (Å²) in [5.74, 6) is 1.01. The van der Waals surface area contributed by atoms with Crippen LogP contribution in [0.1, 0.15) is 0 Å². The fraction of sp³-hybridized carbons (Fsp3) is 0.400. The SMILES string of the molecule is O=c1cc(-c2ccccc2)c2cc3c(cc2o1)OCCOCCOCCOCCOCCO3. The molecule has 0 saturated heterocycles. The standard InChI is InChI=1S/C25H28O8/c26-25-17-20(19-4-2-1-3-5-19)21-16-23-24(18-22(21)33-25)32-15-13-30-11-9-28-7-6-27-8-10-29-12-14-31-23/h1-5,16-18H,6-15H2. The molecule has 8 heteroatoms. The maximum Gasteiger partial charge on any atom is 0.336 e. The first-order chi connectivity index (χ1) is 16.3. The molecule has 0 atom stereocenters. The normalized spacial score (nSPS) is 17.2. The molecule has 0 spiro atoms. The lowest BCUT2D eigenvalue weighted by Crippen LogP contribution is -2.16. The van der Waals surface area contributed by atoms with Crippen LogP contribution in [0.25, 0.3) is 22.1 Å². The van der Waals surface area contributed by atoms with Crippen molar-refractivity contribution in [1.82, 2.24) is 0 Å². The zero-order valence-electron chi connectivity index (χ0n) is 18.5. The van der Waals surface area contributed by atoms with Crippen molar-refractivity contribution in [1.29, 1.82) is 0 Å². The van der Waals surface area contributed by atoms with Gasteiger partial charge >= 0.3 is 5.63 Å². The van der Waals surface area contributed by atoms with E-state index >= 15 is 0 Å². The summed E-state index contributed by atoms with van der Waals surface area (Å²) in [6.45, 7) is 4.36. The van der Waals surface area contributed by atoms with E-state index in [4.69, 9.17) is 32.8 Å². The fourth-order valence-electron chi connectivity index (χ4n) is 3.43. The van der Waals surface area contributed by atoms with Crippen molar-refractivity contribution in [2.24, 2.45) is 0 Å². The summed E-state index contributed by atoms with van der Waals surface area (Å²) in [5, 5.41) is 0.757. The highest BCUT2D eigenvalue weighted by Crippen LogP contribution is 2.36. The molecule has 0 radical (unpaired) electrons. The number of fused-ring (bicyclic) bond motifs is 2. The molecule has 3 aromatic rings. The Morgan fingerprint density at radius 3 is 1.67 bits per heavy atom. The van der Waals surface area contributed by atoms with E-state index in [1.807, 2.05) is 36.4 Å². The van der Waals surface area contributed by atoms with Gasteiger partial charge in [-0.25, -0.2) is 4.79 Å². The summed E-state index contributed by atoms with van der Waals surface area (Å²) < 4.78 is 39.4. The van der Waals surface area contributed by atoms with Gasteiger partial charge in [0, 0.05) is 17.5 Å². The molecule has 8 nitrogen and oxygen atoms in total. The van der Waals surface area contributed by atoms with Crippen LogP contribution < -0.4 is 15.1 Å². The Hall–Kier alpha value is -2.91. The Morgan fingerprint density at radius 1 is 0.576 bits per heavy atom. The first-order valence-corrected chi connectivity index (χ1v) is 11.1. The molecular weight excluding hydrogens is 428 g/mol. The second-order valence-electron chi connectivity index (χ2n) is 7.29. The van der Waals surface area contributed by atoms with E-state index in [0.29, 0.717) is 83.2 Å². The summed E-state index contributed by atoms with van der Waals surface area (Å²) in [6, 6.07) is 14.7. The smallest absolute Gasteiger partial charge is 0.336 e. The molecule has 0 fully saturated rings. The van der Waals surface area contributed by atoms with Gasteiger partial charge in [0.05, 0.1) is 52.9 Å². The van der Waals surface area contributed by atoms with Crippen molar-refractivity contribution >= 4 is 11.0 Å². The largest absolute Gasteiger partial charge is 0.487 e. The molecule has 0 bridgehead atoms. The molecule has 0 saturated carbocycles. The van der Waals surface area contributed by atoms with Crippen LogP contribution in [0.5, 0.6) is 11.5 Å². The van der Waals surface area contributed by atoms with Crippen molar-refractivity contribution in [3.05, 3.63) is 59.0 Å². The van der Waals surface area contributed by atoms with Gasteiger partial charge < -0.3 is 32.8 Å². The molecule has 4 rings (SSSR count). The molecule has 1 aliphatic rings. The lowest BCUT2D eigenvalue weighted by molar-refractivity contribution is -0.00840. The number of rotatable bonds is 1. The van der Waals surface area contributed by atoms with Gasteiger partial charge in [-0.3, -0.25) is 0 Å². The van der Waals surface area contributed by atoms with Gasteiger partial charge in [0.15, 0.2) is 11.5 Å². The number of ether oxygens (including phenoxy) is 6. The first-order valence-electron chi connectivity index (χ1n) is 11.1. The van der Waals surface area contributed by atoms with Crippen LogP contribution in [0.2, 0.25) is 0 Å². The van der Waals surface area contributed by atoms with Gasteiger partial charge in [-0.2, -0.15) is 0 Å². The Labute approximate surface area is 191 Å². The van der Waals surface area contributed by atoms with Gasteiger partial charge in [-0.05, 0) is 17.2 Å². The number of hydrogen-bond donors (Lipinski definition) is 0. The quantitative estimate of drug-likeness (QED) is 0.516. The Morgan fingerprint density at radius 2 is 1.09 bits per heavy atom. The van der Waals surface area contributed by atoms with Gasteiger partial charge in [-0.1, -0.05) is 30.3 Å². The second-order valence-corrected chi connectivity index (χ2v) is 7.29. The minimum absolute atomic E-state index is 0.310. The predicted octanol–water partition coefficient (Wildman–Crippen LogP) is 3.30. The average Bonchev–Trinajstić information content (AvgIpc) is 2.83. The van der Waals surface area contributed by atoms with Crippen LogP contribution in [-0.4, -0.2) is 66.1 Å². The van der Waals surface area contributed by atoms with Crippen LogP contribution in [0.4, 0.5) is 0 Å². The third kappa shape index (κ3) is 6.79. The van der Waals surface area contributed by atoms with Crippen LogP contribution >= 0.6 is 0 Å². The number of benzene rings is 2. The van der Waals surface area contributed by atoms with E-state index < -0.39 is 5.63 Å². The molecule has 2 heterocycles. The van der Waals surface area contributed by atoms with Gasteiger partial charge in [0.25, 0.3) is 0 Å². The van der Waals surface area contributed by atoms with Crippen molar-refractivity contribution in [2.45, 2.75) is 0 Å². The Kier molecular flexibility index (Phi) is 8.71. The Balaban J connectivity index is 1.59. The molecule has 0 aliphatic carbocycles. The van der Waals surface area contributed by atoms with Gasteiger partial charge in [-0.15, -0.1) is 0 Å². The summed E-state index contributed by atoms with van der Waals surface area (Å²) in [6.07, 6.45) is 0. The first kappa shape index (κ1) is 23.3. The van der Waals surface area contributed by atoms with E-state index in [1.165, 1.54) is 6.07 Å². The van der Waals surface area contributed by atoms with Gasteiger partial charge in [0.1, 0.15) is 18.8 Å². The predicted molar refractivity (Wildman–Crippen MR) is 122 cm³/mol. The highest BCUT2D eigenvalue weighted by atomic mass is 16.6. The average molecular weight is 456 g/mol. The molecule has 33 heavy (non-hydrogen) atoms. The monoisotopic (exact) mass is 456 g/mol. The van der Waals surface area contributed by atoms with E-state index in [9.17, 15) is 4.79 Å². The molecular formula is C25H28O8. The molecule has 0 amide bonds. The summed E-state index contributed by atoms with van der Waals surface area (Å²) in [7, 11) is 0. The maximum atomic E-state index is 12.2. The summed E-state index contributed by atoms with van der Waals surface area (Å²) in [5.41, 5.74) is 1.68. The molecule has 0 N–H and O–H groups in total. The second kappa shape index (κ2) is 12.4. The Bertz CT molecular complexity index is 1060. The molecule has 176 valence electrons. The third-order valence-corrected chi connectivity index (χ3v) is 4.98. The van der Waals surface area contributed by atoms with Crippen molar-refractivity contribution in [3.8, 4) is 22.6 Å². The van der Waals surface area contributed by atoms with E-state index in [2.05, 4.69) is 0 Å². The molecule has 1 aliphatic heterocycles. The van der Waals surface area contributed by atoms with Crippen LogP contribution in [-0.2, 0) is 18.9 Å². The highest BCUT2D eigenvalue weighted by Gasteiger charge is 2.15. The summed E-state index contributed by atoms with van der Waals surface area (Å²) in [4.78, 5) is 12.2. The van der Waals surface area contributed by atoms with Crippen LogP contribution in [0.3, 0.4) is 0 Å². The van der Waals surface area contributed by atoms with Crippen molar-refractivity contribution in [2.75, 3.05) is 66.1 Å². The lowest BCUT2D eigenvalue weighted by atomic mass is 10.0. The zero-order chi connectivity index (χ0) is 22.7. The van der Waals surface area contributed by atoms with Crippen molar-refractivity contribution in [3.63, 3.8) is 0 Å². The maximum absolute atomic E-state index is 12.2. The fourth-order valence-corrected chi connectivity index (χ4v) is 3.43. The van der Waals surface area contributed by atoms with E-state index in [0.717, 1.165) is 16.5 Å². The highest BCUT2D eigenvalue weighted by molar-refractivity contribution is 5.95. The topological polar surface area (TPSA) is 85.6 Å². The van der Waals surface area contributed by atoms with Crippen LogP contribution in [0.15, 0.2) is 57.7 Å². The molecule has 2 aromatic carbocycles. The minimum atomic E-state index is -0.429. The van der Waals surface area contributed by atoms with E-state index in [1.54, 1.807) is 6.07 Å². The van der Waals surface area contributed by atoms with Gasteiger partial charge in [0.2, 0.25) is 0 Å².